The van der Waals surface area contributed by atoms with Gasteiger partial charge in [-0.15, -0.1) is 0 Å². The summed E-state index contributed by atoms with van der Waals surface area (Å²) in [6, 6.07) is 12.7. The minimum Gasteiger partial charge on any atom is -0.449 e. The minimum absolute atomic E-state index is 0.0663. The van der Waals surface area contributed by atoms with Crippen LogP contribution in [0.3, 0.4) is 0 Å². The number of benzene rings is 2. The molecule has 1 atom stereocenters. The first-order valence-electron chi connectivity index (χ1n) is 8.54. The molecule has 0 aliphatic carbocycles. The van der Waals surface area contributed by atoms with Gasteiger partial charge >= 0.3 is 5.97 Å². The SMILES string of the molecule is C[C@H](OC(=O)c1nn(CCO)c(=O)c2ccccc12)C(=O)c1ccc(Cl)cc1. The third-order valence-electron chi connectivity index (χ3n) is 4.15. The number of rotatable bonds is 6. The van der Waals surface area contributed by atoms with E-state index in [2.05, 4.69) is 5.10 Å². The topological polar surface area (TPSA) is 98.5 Å². The molecule has 0 amide bonds. The highest BCUT2D eigenvalue weighted by molar-refractivity contribution is 6.30. The van der Waals surface area contributed by atoms with E-state index < -0.39 is 23.4 Å². The molecule has 1 heterocycles. The van der Waals surface area contributed by atoms with Crippen LogP contribution >= 0.6 is 11.6 Å². The lowest BCUT2D eigenvalue weighted by Crippen LogP contribution is -2.30. The summed E-state index contributed by atoms with van der Waals surface area (Å²) in [7, 11) is 0. The number of aliphatic hydroxyl groups is 1. The number of fused-ring (bicyclic) bond motifs is 1. The van der Waals surface area contributed by atoms with Crippen LogP contribution in [0.2, 0.25) is 5.02 Å². The number of hydrogen-bond acceptors (Lipinski definition) is 6. The summed E-state index contributed by atoms with van der Waals surface area (Å²) in [6.45, 7) is 1.08. The molecule has 1 aromatic heterocycles. The van der Waals surface area contributed by atoms with E-state index in [1.807, 2.05) is 0 Å². The van der Waals surface area contributed by atoms with Gasteiger partial charge in [-0.3, -0.25) is 9.59 Å². The van der Waals surface area contributed by atoms with Gasteiger partial charge in [0.05, 0.1) is 18.5 Å². The molecular weight excluding hydrogens is 384 g/mol. The quantitative estimate of drug-likeness (QED) is 0.504. The molecule has 8 heteroatoms. The zero-order valence-corrected chi connectivity index (χ0v) is 15.7. The maximum Gasteiger partial charge on any atom is 0.360 e. The van der Waals surface area contributed by atoms with Gasteiger partial charge < -0.3 is 9.84 Å². The van der Waals surface area contributed by atoms with E-state index >= 15 is 0 Å². The number of ether oxygens (including phenoxy) is 1. The predicted molar refractivity (Wildman–Crippen MR) is 104 cm³/mol. The Hall–Kier alpha value is -3.03. The molecule has 0 fully saturated rings. The molecule has 0 aliphatic rings. The fourth-order valence-corrected chi connectivity index (χ4v) is 2.88. The van der Waals surface area contributed by atoms with Gasteiger partial charge in [-0.1, -0.05) is 29.8 Å². The number of Topliss-reactive ketones (excluding diaryl/α,β-unsaturated/α-hetero) is 1. The summed E-state index contributed by atoms with van der Waals surface area (Å²) in [5.41, 5.74) is -0.168. The van der Waals surface area contributed by atoms with Crippen LogP contribution in [0.15, 0.2) is 53.3 Å². The summed E-state index contributed by atoms with van der Waals surface area (Å²) >= 11 is 5.82. The fraction of sp³-hybridized carbons (Fsp3) is 0.200. The number of halogens is 1. The van der Waals surface area contributed by atoms with Crippen molar-refractivity contribution >= 4 is 34.1 Å². The van der Waals surface area contributed by atoms with Crippen molar-refractivity contribution in [1.82, 2.24) is 9.78 Å². The van der Waals surface area contributed by atoms with Crippen LogP contribution in [-0.4, -0.2) is 39.4 Å². The maximum absolute atomic E-state index is 12.7. The molecule has 7 nitrogen and oxygen atoms in total. The number of ketones is 1. The summed E-state index contributed by atoms with van der Waals surface area (Å²) in [4.78, 5) is 37.6. The second-order valence-corrected chi connectivity index (χ2v) is 6.50. The molecule has 0 saturated carbocycles. The van der Waals surface area contributed by atoms with Crippen molar-refractivity contribution in [2.75, 3.05) is 6.61 Å². The van der Waals surface area contributed by atoms with Crippen LogP contribution in [0.25, 0.3) is 10.8 Å². The number of carbonyl (C=O) groups is 2. The standard InChI is InChI=1S/C20H17ClN2O5/c1-12(18(25)13-6-8-14(21)9-7-13)28-20(27)17-15-4-2-3-5-16(15)19(26)23(22-17)10-11-24/h2-9,12,24H,10-11H2,1H3/t12-/m0/s1. The fourth-order valence-electron chi connectivity index (χ4n) is 2.75. The molecular formula is C20H17ClN2O5. The zero-order valence-electron chi connectivity index (χ0n) is 15.0. The van der Waals surface area contributed by atoms with Gasteiger partial charge in [-0.05, 0) is 37.3 Å². The van der Waals surface area contributed by atoms with Crippen molar-refractivity contribution in [2.24, 2.45) is 0 Å². The molecule has 1 N–H and O–H groups in total. The molecule has 0 saturated heterocycles. The molecule has 3 rings (SSSR count). The molecule has 0 radical (unpaired) electrons. The molecule has 2 aromatic carbocycles. The molecule has 0 unspecified atom stereocenters. The van der Waals surface area contributed by atoms with Crippen LogP contribution in [-0.2, 0) is 11.3 Å². The van der Waals surface area contributed by atoms with E-state index in [9.17, 15) is 14.4 Å². The second kappa shape index (κ2) is 8.33. The molecule has 28 heavy (non-hydrogen) atoms. The molecule has 3 aromatic rings. The van der Waals surface area contributed by atoms with Crippen LogP contribution in [0.4, 0.5) is 0 Å². The van der Waals surface area contributed by atoms with E-state index in [1.54, 1.807) is 48.5 Å². The van der Waals surface area contributed by atoms with Gasteiger partial charge in [-0.25, -0.2) is 9.48 Å². The number of hydrogen-bond donors (Lipinski definition) is 1. The summed E-state index contributed by atoms with van der Waals surface area (Å²) < 4.78 is 6.31. The average Bonchev–Trinajstić information content (AvgIpc) is 2.70. The summed E-state index contributed by atoms with van der Waals surface area (Å²) in [5, 5.41) is 14.2. The Labute approximate surface area is 165 Å². The highest BCUT2D eigenvalue weighted by Crippen LogP contribution is 2.17. The van der Waals surface area contributed by atoms with Crippen molar-refractivity contribution in [2.45, 2.75) is 19.6 Å². The van der Waals surface area contributed by atoms with Crippen LogP contribution in [0.1, 0.15) is 27.8 Å². The van der Waals surface area contributed by atoms with E-state index in [1.165, 1.54) is 6.92 Å². The van der Waals surface area contributed by atoms with E-state index in [0.717, 1.165) is 4.68 Å². The Balaban J connectivity index is 1.92. The lowest BCUT2D eigenvalue weighted by Gasteiger charge is -2.14. The number of aliphatic hydroxyl groups excluding tert-OH is 1. The van der Waals surface area contributed by atoms with E-state index in [-0.39, 0.29) is 24.2 Å². The Morgan fingerprint density at radius 3 is 2.43 bits per heavy atom. The number of carbonyl (C=O) groups excluding carboxylic acids is 2. The number of nitrogens with zero attached hydrogens (tertiary/aromatic N) is 2. The smallest absolute Gasteiger partial charge is 0.360 e. The number of esters is 1. The van der Waals surface area contributed by atoms with Crippen LogP contribution < -0.4 is 5.56 Å². The Morgan fingerprint density at radius 1 is 1.14 bits per heavy atom. The summed E-state index contributed by atoms with van der Waals surface area (Å²) in [6.07, 6.45) is -1.06. The monoisotopic (exact) mass is 400 g/mol. The third kappa shape index (κ3) is 3.95. The Kier molecular flexibility index (Phi) is 5.87. The van der Waals surface area contributed by atoms with Gasteiger partial charge in [0.25, 0.3) is 5.56 Å². The number of aromatic nitrogens is 2. The average molecular weight is 401 g/mol. The zero-order chi connectivity index (χ0) is 20.3. The first-order valence-corrected chi connectivity index (χ1v) is 8.91. The van der Waals surface area contributed by atoms with Crippen molar-refractivity contribution in [3.63, 3.8) is 0 Å². The van der Waals surface area contributed by atoms with Crippen LogP contribution in [0, 0.1) is 0 Å². The first-order chi connectivity index (χ1) is 13.4. The van der Waals surface area contributed by atoms with Crippen molar-refractivity contribution in [3.05, 3.63) is 75.2 Å². The molecule has 144 valence electrons. The normalized spacial score (nSPS) is 12.0. The Morgan fingerprint density at radius 2 is 1.79 bits per heavy atom. The first kappa shape index (κ1) is 19.7. The van der Waals surface area contributed by atoms with Gasteiger partial charge in [0.1, 0.15) is 0 Å². The van der Waals surface area contributed by atoms with Gasteiger partial charge in [0.2, 0.25) is 5.78 Å². The summed E-state index contributed by atoms with van der Waals surface area (Å²) in [5.74, 6) is -1.23. The van der Waals surface area contributed by atoms with Crippen molar-refractivity contribution < 1.29 is 19.4 Å². The second-order valence-electron chi connectivity index (χ2n) is 6.06. The van der Waals surface area contributed by atoms with Crippen LogP contribution in [0.5, 0.6) is 0 Å². The minimum atomic E-state index is -1.06. The maximum atomic E-state index is 12.7. The highest BCUT2D eigenvalue weighted by Gasteiger charge is 2.24. The van der Waals surface area contributed by atoms with Crippen molar-refractivity contribution in [1.29, 1.82) is 0 Å². The predicted octanol–water partition coefficient (Wildman–Crippen LogP) is 2.47. The van der Waals surface area contributed by atoms with E-state index in [0.29, 0.717) is 16.0 Å². The largest absolute Gasteiger partial charge is 0.449 e. The Bertz CT molecular complexity index is 1090. The molecule has 0 aliphatic heterocycles. The molecule has 0 spiro atoms. The third-order valence-corrected chi connectivity index (χ3v) is 4.41. The van der Waals surface area contributed by atoms with Gasteiger partial charge in [0.15, 0.2) is 11.8 Å². The lowest BCUT2D eigenvalue weighted by molar-refractivity contribution is 0.0312. The highest BCUT2D eigenvalue weighted by atomic mass is 35.5. The lowest BCUT2D eigenvalue weighted by atomic mass is 10.1. The molecule has 0 bridgehead atoms. The van der Waals surface area contributed by atoms with Gasteiger partial charge in [0, 0.05) is 16.0 Å². The van der Waals surface area contributed by atoms with Gasteiger partial charge in [-0.2, -0.15) is 5.10 Å². The van der Waals surface area contributed by atoms with Crippen molar-refractivity contribution in [3.8, 4) is 0 Å². The van der Waals surface area contributed by atoms with E-state index in [4.69, 9.17) is 21.4 Å².